The van der Waals surface area contributed by atoms with Crippen LogP contribution in [0.25, 0.3) is 0 Å². The summed E-state index contributed by atoms with van der Waals surface area (Å²) in [5.41, 5.74) is 2.78. The molecule has 0 atom stereocenters. The number of carbonyl (C=O) groups excluding carboxylic acids is 2. The van der Waals surface area contributed by atoms with Crippen molar-refractivity contribution in [3.63, 3.8) is 0 Å². The molecule has 0 bridgehead atoms. The molecule has 0 saturated carbocycles. The predicted molar refractivity (Wildman–Crippen MR) is 70.6 cm³/mol. The van der Waals surface area contributed by atoms with Crippen molar-refractivity contribution in [2.24, 2.45) is 0 Å². The smallest absolute Gasteiger partial charge is 0.253 e. The second kappa shape index (κ2) is 6.58. The van der Waals surface area contributed by atoms with E-state index in [9.17, 15) is 9.59 Å². The molecule has 0 fully saturated rings. The average molecular weight is 290 g/mol. The molecule has 0 heterocycles. The van der Waals surface area contributed by atoms with Crippen LogP contribution in [0.4, 0.5) is 0 Å². The number of benzene rings is 1. The zero-order valence-electron chi connectivity index (χ0n) is 9.96. The van der Waals surface area contributed by atoms with Gasteiger partial charge in [0, 0.05) is 19.1 Å². The van der Waals surface area contributed by atoms with Crippen molar-refractivity contribution < 1.29 is 9.59 Å². The fraction of sp³-hybridized carbons (Fsp3) is 0.273. The normalized spacial score (nSPS) is 10.3. The van der Waals surface area contributed by atoms with E-state index in [1.807, 2.05) is 0 Å². The number of halogens is 2. The summed E-state index contributed by atoms with van der Waals surface area (Å²) in [5, 5.41) is 4.64. The summed E-state index contributed by atoms with van der Waals surface area (Å²) in [5.74, 6) is -0.746. The van der Waals surface area contributed by atoms with E-state index in [-0.39, 0.29) is 23.0 Å². The molecule has 1 aromatic rings. The van der Waals surface area contributed by atoms with E-state index in [0.29, 0.717) is 5.02 Å². The minimum Gasteiger partial charge on any atom is -0.343 e. The van der Waals surface area contributed by atoms with Crippen molar-refractivity contribution >= 4 is 35.0 Å². The van der Waals surface area contributed by atoms with Gasteiger partial charge < -0.3 is 5.32 Å². The van der Waals surface area contributed by atoms with Gasteiger partial charge in [-0.25, -0.2) is 5.01 Å². The van der Waals surface area contributed by atoms with E-state index in [1.165, 1.54) is 17.1 Å². The van der Waals surface area contributed by atoms with Gasteiger partial charge in [0.2, 0.25) is 0 Å². The molecule has 0 radical (unpaired) electrons. The molecule has 1 aromatic carbocycles. The fourth-order valence-corrected chi connectivity index (χ4v) is 1.71. The van der Waals surface area contributed by atoms with Gasteiger partial charge in [0.1, 0.15) is 0 Å². The molecule has 0 unspecified atom stereocenters. The first-order valence-electron chi connectivity index (χ1n) is 5.10. The van der Waals surface area contributed by atoms with Crippen molar-refractivity contribution in [3.8, 4) is 0 Å². The minimum atomic E-state index is -0.425. The number of hydrogen-bond donors (Lipinski definition) is 2. The highest BCUT2D eigenvalue weighted by Crippen LogP contribution is 2.20. The lowest BCUT2D eigenvalue weighted by Gasteiger charge is -2.12. The Hall–Kier alpha value is -1.30. The summed E-state index contributed by atoms with van der Waals surface area (Å²) in [4.78, 5) is 23.0. The first-order chi connectivity index (χ1) is 8.40. The van der Waals surface area contributed by atoms with Crippen LogP contribution in [-0.4, -0.2) is 37.5 Å². The number of hydrazine groups is 1. The Kier molecular flexibility index (Phi) is 5.40. The summed E-state index contributed by atoms with van der Waals surface area (Å²) >= 11 is 11.6. The molecular formula is C11H13Cl2N3O2. The molecule has 2 amide bonds. The average Bonchev–Trinajstić information content (AvgIpc) is 2.25. The zero-order chi connectivity index (χ0) is 13.7. The quantitative estimate of drug-likeness (QED) is 0.822. The summed E-state index contributed by atoms with van der Waals surface area (Å²) in [6, 6.07) is 4.53. The maximum absolute atomic E-state index is 11.7. The minimum absolute atomic E-state index is 0.129. The van der Waals surface area contributed by atoms with E-state index in [4.69, 9.17) is 23.2 Å². The number of carbonyl (C=O) groups is 2. The standard InChI is InChI=1S/C11H13Cl2N3O2/c1-16(2)15-10(17)6-14-11(18)8-4-3-7(12)5-9(8)13/h3-5H,6H2,1-2H3,(H,14,18)(H,15,17). The fourth-order valence-electron chi connectivity index (χ4n) is 1.22. The molecule has 0 spiro atoms. The first kappa shape index (κ1) is 14.8. The highest BCUT2D eigenvalue weighted by atomic mass is 35.5. The van der Waals surface area contributed by atoms with Crippen LogP contribution < -0.4 is 10.7 Å². The highest BCUT2D eigenvalue weighted by molar-refractivity contribution is 6.36. The summed E-state index contributed by atoms with van der Waals surface area (Å²) in [6.45, 7) is -0.129. The van der Waals surface area contributed by atoms with Crippen molar-refractivity contribution in [2.75, 3.05) is 20.6 Å². The van der Waals surface area contributed by atoms with E-state index in [2.05, 4.69) is 10.7 Å². The lowest BCUT2D eigenvalue weighted by atomic mass is 10.2. The van der Waals surface area contributed by atoms with Crippen molar-refractivity contribution in [3.05, 3.63) is 33.8 Å². The van der Waals surface area contributed by atoms with Gasteiger partial charge in [0.15, 0.2) is 0 Å². The molecular weight excluding hydrogens is 277 g/mol. The largest absolute Gasteiger partial charge is 0.343 e. The molecule has 7 heteroatoms. The second-order valence-corrected chi connectivity index (χ2v) is 4.58. The Morgan fingerprint density at radius 1 is 1.28 bits per heavy atom. The Morgan fingerprint density at radius 3 is 2.50 bits per heavy atom. The molecule has 0 aromatic heterocycles. The summed E-state index contributed by atoms with van der Waals surface area (Å²) < 4.78 is 0. The zero-order valence-corrected chi connectivity index (χ0v) is 11.5. The number of nitrogens with zero attached hydrogens (tertiary/aromatic N) is 1. The molecule has 18 heavy (non-hydrogen) atoms. The molecule has 5 nitrogen and oxygen atoms in total. The van der Waals surface area contributed by atoms with Gasteiger partial charge >= 0.3 is 0 Å². The van der Waals surface area contributed by atoms with E-state index in [1.54, 1.807) is 20.2 Å². The maximum atomic E-state index is 11.7. The monoisotopic (exact) mass is 289 g/mol. The lowest BCUT2D eigenvalue weighted by molar-refractivity contribution is -0.123. The number of amides is 2. The van der Waals surface area contributed by atoms with Gasteiger partial charge in [-0.1, -0.05) is 23.2 Å². The predicted octanol–water partition coefficient (Wildman–Crippen LogP) is 1.32. The Morgan fingerprint density at radius 2 is 1.94 bits per heavy atom. The summed E-state index contributed by atoms with van der Waals surface area (Å²) in [6.07, 6.45) is 0. The number of nitrogens with one attached hydrogen (secondary N) is 2. The molecule has 0 saturated heterocycles. The molecule has 0 aliphatic heterocycles. The van der Waals surface area contributed by atoms with Crippen LogP contribution in [0.1, 0.15) is 10.4 Å². The highest BCUT2D eigenvalue weighted by Gasteiger charge is 2.12. The lowest BCUT2D eigenvalue weighted by Crippen LogP contribution is -2.43. The van der Waals surface area contributed by atoms with E-state index < -0.39 is 5.91 Å². The second-order valence-electron chi connectivity index (χ2n) is 3.74. The van der Waals surface area contributed by atoms with Crippen LogP contribution in [0.5, 0.6) is 0 Å². The molecule has 98 valence electrons. The van der Waals surface area contributed by atoms with Gasteiger partial charge in [-0.05, 0) is 18.2 Å². The van der Waals surface area contributed by atoms with E-state index in [0.717, 1.165) is 0 Å². The van der Waals surface area contributed by atoms with Gasteiger partial charge in [-0.3, -0.25) is 15.0 Å². The van der Waals surface area contributed by atoms with Crippen LogP contribution in [0.3, 0.4) is 0 Å². The van der Waals surface area contributed by atoms with Gasteiger partial charge in [-0.2, -0.15) is 0 Å². The SMILES string of the molecule is CN(C)NC(=O)CNC(=O)c1ccc(Cl)cc1Cl. The van der Waals surface area contributed by atoms with Crippen LogP contribution in [-0.2, 0) is 4.79 Å². The molecule has 0 aliphatic carbocycles. The molecule has 0 aliphatic rings. The summed E-state index contributed by atoms with van der Waals surface area (Å²) in [7, 11) is 3.35. The topological polar surface area (TPSA) is 61.4 Å². The van der Waals surface area contributed by atoms with Gasteiger partial charge in [0.05, 0.1) is 17.1 Å². The van der Waals surface area contributed by atoms with Crippen molar-refractivity contribution in [2.45, 2.75) is 0 Å². The molecule has 2 N–H and O–H groups in total. The maximum Gasteiger partial charge on any atom is 0.253 e. The Labute approximate surface area is 115 Å². The van der Waals surface area contributed by atoms with Crippen LogP contribution in [0, 0.1) is 0 Å². The van der Waals surface area contributed by atoms with Crippen molar-refractivity contribution in [1.82, 2.24) is 15.8 Å². The van der Waals surface area contributed by atoms with E-state index >= 15 is 0 Å². The Bertz CT molecular complexity index is 464. The van der Waals surface area contributed by atoms with Gasteiger partial charge in [0.25, 0.3) is 11.8 Å². The third-order valence-corrected chi connectivity index (χ3v) is 2.48. The third kappa shape index (κ3) is 4.52. The van der Waals surface area contributed by atoms with Crippen LogP contribution >= 0.6 is 23.2 Å². The Balaban J connectivity index is 2.58. The third-order valence-electron chi connectivity index (χ3n) is 1.93. The first-order valence-corrected chi connectivity index (χ1v) is 5.86. The molecule has 1 rings (SSSR count). The number of hydrogen-bond acceptors (Lipinski definition) is 3. The van der Waals surface area contributed by atoms with Crippen LogP contribution in [0.15, 0.2) is 18.2 Å². The number of rotatable bonds is 4. The van der Waals surface area contributed by atoms with Gasteiger partial charge in [-0.15, -0.1) is 0 Å². The van der Waals surface area contributed by atoms with Crippen molar-refractivity contribution in [1.29, 1.82) is 0 Å². The van der Waals surface area contributed by atoms with Crippen LogP contribution in [0.2, 0.25) is 10.0 Å².